The van der Waals surface area contributed by atoms with Gasteiger partial charge in [0.25, 0.3) is 0 Å². The molecule has 0 aromatic carbocycles. The van der Waals surface area contributed by atoms with Gasteiger partial charge in [-0.3, -0.25) is 4.90 Å². The first-order valence-electron chi connectivity index (χ1n) is 8.55. The third-order valence-electron chi connectivity index (χ3n) is 5.32. The molecule has 1 spiro atoms. The van der Waals surface area contributed by atoms with E-state index in [2.05, 4.69) is 23.9 Å². The Labute approximate surface area is 137 Å². The molecule has 23 heavy (non-hydrogen) atoms. The van der Waals surface area contributed by atoms with Gasteiger partial charge in [0.2, 0.25) is 0 Å². The zero-order chi connectivity index (χ0) is 16.7. The number of rotatable bonds is 3. The van der Waals surface area contributed by atoms with E-state index >= 15 is 0 Å². The summed E-state index contributed by atoms with van der Waals surface area (Å²) in [7, 11) is 0. The van der Waals surface area contributed by atoms with E-state index in [1.165, 1.54) is 0 Å². The molecular weight excluding hydrogens is 296 g/mol. The van der Waals surface area contributed by atoms with Gasteiger partial charge in [0.05, 0.1) is 23.5 Å². The number of aliphatic hydroxyl groups excluding tert-OH is 1. The van der Waals surface area contributed by atoms with Crippen LogP contribution in [0.15, 0.2) is 10.6 Å². The van der Waals surface area contributed by atoms with Crippen LogP contribution < -0.4 is 0 Å². The lowest BCUT2D eigenvalue weighted by atomic mass is 9.75. The van der Waals surface area contributed by atoms with Crippen LogP contribution >= 0.6 is 0 Å². The summed E-state index contributed by atoms with van der Waals surface area (Å²) in [6.07, 6.45) is 1.10. The second-order valence-electron chi connectivity index (χ2n) is 7.57. The second kappa shape index (κ2) is 6.16. The van der Waals surface area contributed by atoms with Crippen LogP contribution in [0, 0.1) is 0 Å². The molecular formula is C17H28N2O4. The molecule has 3 rings (SSSR count). The highest BCUT2D eigenvalue weighted by molar-refractivity contribution is 5.09. The Hall–Kier alpha value is -0.950. The van der Waals surface area contributed by atoms with Crippen molar-refractivity contribution in [3.63, 3.8) is 0 Å². The topological polar surface area (TPSA) is 79.0 Å². The van der Waals surface area contributed by atoms with Gasteiger partial charge in [0.15, 0.2) is 0 Å². The number of aliphatic hydroxyl groups is 2. The summed E-state index contributed by atoms with van der Waals surface area (Å²) >= 11 is 0. The SMILES string of the molecule is CC(C)c1cc(CN2CCC3(CC2)OCC[C@@](C)(O)[C@@H]3O)no1. The lowest BCUT2D eigenvalue weighted by Gasteiger charge is -2.51. The minimum absolute atomic E-state index is 0.342. The summed E-state index contributed by atoms with van der Waals surface area (Å²) < 4.78 is 11.3. The largest absolute Gasteiger partial charge is 0.387 e. The molecule has 0 saturated carbocycles. The van der Waals surface area contributed by atoms with E-state index in [0.29, 0.717) is 18.9 Å². The van der Waals surface area contributed by atoms with Crippen LogP contribution in [0.1, 0.15) is 57.4 Å². The van der Waals surface area contributed by atoms with Crippen LogP contribution in [0.25, 0.3) is 0 Å². The molecule has 2 fully saturated rings. The third kappa shape index (κ3) is 3.31. The molecule has 0 amide bonds. The number of hydrogen-bond acceptors (Lipinski definition) is 6. The van der Waals surface area contributed by atoms with Crippen molar-refractivity contribution in [2.24, 2.45) is 0 Å². The molecule has 6 nitrogen and oxygen atoms in total. The van der Waals surface area contributed by atoms with Crippen LogP contribution in [-0.4, -0.2) is 57.3 Å². The predicted molar refractivity (Wildman–Crippen MR) is 85.0 cm³/mol. The first-order chi connectivity index (χ1) is 10.8. The molecule has 2 aliphatic rings. The summed E-state index contributed by atoms with van der Waals surface area (Å²) in [4.78, 5) is 2.30. The maximum absolute atomic E-state index is 10.5. The first-order valence-corrected chi connectivity index (χ1v) is 8.55. The first kappa shape index (κ1) is 16.9. The average molecular weight is 324 g/mol. The smallest absolute Gasteiger partial charge is 0.139 e. The molecule has 6 heteroatoms. The number of aromatic nitrogens is 1. The minimum Gasteiger partial charge on any atom is -0.387 e. The molecule has 2 N–H and O–H groups in total. The zero-order valence-electron chi connectivity index (χ0n) is 14.3. The molecule has 130 valence electrons. The highest BCUT2D eigenvalue weighted by Gasteiger charge is 2.52. The van der Waals surface area contributed by atoms with Gasteiger partial charge in [-0.15, -0.1) is 0 Å². The van der Waals surface area contributed by atoms with Crippen LogP contribution in [0.5, 0.6) is 0 Å². The van der Waals surface area contributed by atoms with Crippen molar-refractivity contribution in [1.29, 1.82) is 0 Å². The van der Waals surface area contributed by atoms with Gasteiger partial charge >= 0.3 is 0 Å². The molecule has 1 aromatic rings. The summed E-state index contributed by atoms with van der Waals surface area (Å²) in [5.41, 5.74) is -0.717. The fourth-order valence-electron chi connectivity index (χ4n) is 3.65. The summed E-state index contributed by atoms with van der Waals surface area (Å²) in [6.45, 7) is 8.76. The fraction of sp³-hybridized carbons (Fsp3) is 0.824. The molecule has 2 atom stereocenters. The highest BCUT2D eigenvalue weighted by atomic mass is 16.5. The van der Waals surface area contributed by atoms with Crippen LogP contribution in [0.2, 0.25) is 0 Å². The van der Waals surface area contributed by atoms with Crippen LogP contribution in [0.3, 0.4) is 0 Å². The summed E-state index contributed by atoms with van der Waals surface area (Å²) in [5, 5.41) is 25.0. The number of hydrogen-bond donors (Lipinski definition) is 2. The Bertz CT molecular complexity index is 532. The van der Waals surface area contributed by atoms with Gasteiger partial charge in [-0.05, 0) is 19.8 Å². The van der Waals surface area contributed by atoms with E-state index in [0.717, 1.165) is 43.9 Å². The van der Waals surface area contributed by atoms with Crippen molar-refractivity contribution in [1.82, 2.24) is 10.1 Å². The van der Waals surface area contributed by atoms with Crippen molar-refractivity contribution in [3.8, 4) is 0 Å². The standard InChI is InChI=1S/C17H28N2O4/c1-12(2)14-10-13(18-23-14)11-19-7-4-17(5-8-19)15(20)16(3,21)6-9-22-17/h10,12,15,20-21H,4-9,11H2,1-3H3/t15-,16+/m0/s1. The number of piperidine rings is 1. The lowest BCUT2D eigenvalue weighted by Crippen LogP contribution is -2.64. The van der Waals surface area contributed by atoms with E-state index in [-0.39, 0.29) is 0 Å². The summed E-state index contributed by atoms with van der Waals surface area (Å²) in [6, 6.07) is 2.02. The minimum atomic E-state index is -1.06. The second-order valence-corrected chi connectivity index (χ2v) is 7.57. The van der Waals surface area contributed by atoms with E-state index in [9.17, 15) is 10.2 Å². The van der Waals surface area contributed by atoms with Crippen molar-refractivity contribution in [3.05, 3.63) is 17.5 Å². The maximum Gasteiger partial charge on any atom is 0.139 e. The maximum atomic E-state index is 10.5. The van der Waals surface area contributed by atoms with E-state index in [1.807, 2.05) is 6.07 Å². The van der Waals surface area contributed by atoms with Gasteiger partial charge in [-0.1, -0.05) is 19.0 Å². The Morgan fingerprint density at radius 3 is 2.65 bits per heavy atom. The van der Waals surface area contributed by atoms with E-state index in [1.54, 1.807) is 6.92 Å². The Morgan fingerprint density at radius 2 is 2.04 bits per heavy atom. The van der Waals surface area contributed by atoms with Gasteiger partial charge in [0.1, 0.15) is 11.9 Å². The quantitative estimate of drug-likeness (QED) is 0.880. The highest BCUT2D eigenvalue weighted by Crippen LogP contribution is 2.39. The van der Waals surface area contributed by atoms with Gasteiger partial charge < -0.3 is 19.5 Å². The fourth-order valence-corrected chi connectivity index (χ4v) is 3.65. The van der Waals surface area contributed by atoms with Crippen molar-refractivity contribution < 1.29 is 19.5 Å². The van der Waals surface area contributed by atoms with Gasteiger partial charge in [-0.2, -0.15) is 0 Å². The zero-order valence-corrected chi connectivity index (χ0v) is 14.3. The van der Waals surface area contributed by atoms with E-state index in [4.69, 9.17) is 9.26 Å². The predicted octanol–water partition coefficient (Wildman–Crippen LogP) is 1.66. The molecule has 0 unspecified atom stereocenters. The Morgan fingerprint density at radius 1 is 1.35 bits per heavy atom. The molecule has 0 bridgehead atoms. The monoisotopic (exact) mass is 324 g/mol. The van der Waals surface area contributed by atoms with Crippen molar-refractivity contribution in [2.45, 2.75) is 69.8 Å². The van der Waals surface area contributed by atoms with Crippen LogP contribution in [-0.2, 0) is 11.3 Å². The third-order valence-corrected chi connectivity index (χ3v) is 5.32. The number of nitrogens with zero attached hydrogens (tertiary/aromatic N) is 2. The van der Waals surface area contributed by atoms with Crippen molar-refractivity contribution >= 4 is 0 Å². The van der Waals surface area contributed by atoms with Crippen LogP contribution in [0.4, 0.5) is 0 Å². The van der Waals surface area contributed by atoms with E-state index < -0.39 is 17.3 Å². The Kier molecular flexibility index (Phi) is 4.53. The van der Waals surface area contributed by atoms with Crippen molar-refractivity contribution in [2.75, 3.05) is 19.7 Å². The average Bonchev–Trinajstić information content (AvgIpc) is 2.96. The molecule has 0 radical (unpaired) electrons. The normalized spacial score (nSPS) is 31.8. The molecule has 2 aliphatic heterocycles. The summed E-state index contributed by atoms with van der Waals surface area (Å²) in [5.74, 6) is 1.25. The number of ether oxygens (including phenoxy) is 1. The molecule has 3 heterocycles. The lowest BCUT2D eigenvalue weighted by molar-refractivity contribution is -0.246. The van der Waals surface area contributed by atoms with Gasteiger partial charge in [0, 0.05) is 38.0 Å². The van der Waals surface area contributed by atoms with Gasteiger partial charge in [-0.25, -0.2) is 0 Å². The Balaban J connectivity index is 1.59. The molecule has 2 saturated heterocycles. The molecule has 0 aliphatic carbocycles. The number of likely N-dealkylation sites (tertiary alicyclic amines) is 1. The molecule has 1 aromatic heterocycles.